The highest BCUT2D eigenvalue weighted by Crippen LogP contribution is 2.30. The van der Waals surface area contributed by atoms with E-state index in [9.17, 15) is 0 Å². The van der Waals surface area contributed by atoms with E-state index in [1.807, 2.05) is 0 Å². The van der Waals surface area contributed by atoms with Gasteiger partial charge in [-0.3, -0.25) is 9.89 Å². The molecule has 0 bridgehead atoms. The fourth-order valence-electron chi connectivity index (χ4n) is 4.89. The van der Waals surface area contributed by atoms with E-state index in [4.69, 9.17) is 4.74 Å². The molecule has 0 spiro atoms. The molecule has 6 heteroatoms. The van der Waals surface area contributed by atoms with Gasteiger partial charge in [0.15, 0.2) is 0 Å². The number of benzene rings is 1. The third kappa shape index (κ3) is 3.91. The Hall–Kier alpha value is -2.31. The van der Waals surface area contributed by atoms with Crippen LogP contribution in [0.25, 0.3) is 16.5 Å². The summed E-state index contributed by atoms with van der Waals surface area (Å²) in [7, 11) is 0. The molecule has 0 amide bonds. The topological polar surface area (TPSA) is 62.6 Å². The van der Waals surface area contributed by atoms with Gasteiger partial charge < -0.3 is 10.1 Å². The lowest BCUT2D eigenvalue weighted by molar-refractivity contribution is 0.00791. The minimum Gasteiger partial charge on any atom is -0.379 e. The Morgan fingerprint density at radius 2 is 1.90 bits per heavy atom. The van der Waals surface area contributed by atoms with Gasteiger partial charge in [-0.15, -0.1) is 0 Å². The molecule has 6 nitrogen and oxygen atoms in total. The lowest BCUT2D eigenvalue weighted by atomic mass is 9.90. The van der Waals surface area contributed by atoms with Crippen LogP contribution in [-0.2, 0) is 4.74 Å². The highest BCUT2D eigenvalue weighted by atomic mass is 16.5. The number of rotatable bonds is 4. The van der Waals surface area contributed by atoms with Crippen LogP contribution in [0.2, 0.25) is 0 Å². The average Bonchev–Trinajstić information content (AvgIpc) is 3.21. The molecule has 3 heterocycles. The second kappa shape index (κ2) is 8.20. The van der Waals surface area contributed by atoms with Gasteiger partial charge in [0.05, 0.1) is 25.3 Å². The largest absolute Gasteiger partial charge is 0.379 e. The van der Waals surface area contributed by atoms with Gasteiger partial charge in [-0.1, -0.05) is 12.1 Å². The minimum atomic E-state index is 0.475. The zero-order valence-electron chi connectivity index (χ0n) is 17.1. The van der Waals surface area contributed by atoms with Crippen LogP contribution in [0.5, 0.6) is 0 Å². The number of ether oxygens (including phenoxy) is 1. The quantitative estimate of drug-likeness (QED) is 0.864. The summed E-state index contributed by atoms with van der Waals surface area (Å²) in [6.45, 7) is 6.79. The Labute approximate surface area is 172 Å². The molecule has 3 aliphatic rings. The minimum absolute atomic E-state index is 0.475. The van der Waals surface area contributed by atoms with E-state index in [1.165, 1.54) is 36.8 Å². The van der Waals surface area contributed by atoms with Crippen LogP contribution in [-0.4, -0.2) is 65.5 Å². The average molecular weight is 392 g/mol. The van der Waals surface area contributed by atoms with Crippen molar-refractivity contribution in [2.45, 2.75) is 44.7 Å². The van der Waals surface area contributed by atoms with E-state index in [0.29, 0.717) is 12.1 Å². The van der Waals surface area contributed by atoms with Crippen LogP contribution in [0.15, 0.2) is 35.6 Å². The summed E-state index contributed by atoms with van der Waals surface area (Å²) < 4.78 is 5.51. The summed E-state index contributed by atoms with van der Waals surface area (Å²) in [6.07, 6.45) is 8.72. The van der Waals surface area contributed by atoms with Crippen LogP contribution in [0.3, 0.4) is 0 Å². The number of hydrogen-bond acceptors (Lipinski definition) is 6. The number of anilines is 1. The van der Waals surface area contributed by atoms with Gasteiger partial charge in [-0.25, -0.2) is 9.97 Å². The van der Waals surface area contributed by atoms with Crippen LogP contribution in [0, 0.1) is 0 Å². The summed E-state index contributed by atoms with van der Waals surface area (Å²) in [5.41, 5.74) is 4.52. The Bertz CT molecular complexity index is 939. The molecule has 1 saturated heterocycles. The summed E-state index contributed by atoms with van der Waals surface area (Å²) in [6, 6.07) is 7.64. The SMILES string of the molecule is CC1=NCC=C1c1ccc2ncnc(NC3CCC(N4CCOCC4)CC3)c2c1. The molecule has 2 fully saturated rings. The molecule has 152 valence electrons. The third-order valence-corrected chi connectivity index (χ3v) is 6.56. The molecular formula is C23H29N5O. The standard InChI is InChI=1S/C23H29N5O/c1-16-20(8-9-24-16)17-2-7-22-21(14-17)23(26-15-25-22)27-18-3-5-19(6-4-18)28-10-12-29-13-11-28/h2,7-8,14-15,18-19H,3-6,9-13H2,1H3,(H,25,26,27). The number of aliphatic imine (C=N–C) groups is 1. The summed E-state index contributed by atoms with van der Waals surface area (Å²) in [5.74, 6) is 0.958. The third-order valence-electron chi connectivity index (χ3n) is 6.56. The van der Waals surface area contributed by atoms with Crippen LogP contribution in [0.4, 0.5) is 5.82 Å². The zero-order chi connectivity index (χ0) is 19.6. The zero-order valence-corrected chi connectivity index (χ0v) is 17.1. The number of nitrogens with zero attached hydrogens (tertiary/aromatic N) is 4. The molecule has 1 aromatic carbocycles. The molecule has 0 unspecified atom stereocenters. The van der Waals surface area contributed by atoms with Gasteiger partial charge in [0.1, 0.15) is 12.1 Å². The number of nitrogens with one attached hydrogen (secondary N) is 1. The number of allylic oxidation sites excluding steroid dienone is 1. The monoisotopic (exact) mass is 391 g/mol. The van der Waals surface area contributed by atoms with Gasteiger partial charge in [0, 0.05) is 41.8 Å². The first kappa shape index (κ1) is 18.7. The van der Waals surface area contributed by atoms with E-state index in [0.717, 1.165) is 55.3 Å². The first-order valence-electron chi connectivity index (χ1n) is 10.8. The predicted octanol–water partition coefficient (Wildman–Crippen LogP) is 3.54. The Morgan fingerprint density at radius 3 is 2.66 bits per heavy atom. The molecule has 5 rings (SSSR count). The van der Waals surface area contributed by atoms with E-state index < -0.39 is 0 Å². The molecule has 1 aromatic heterocycles. The van der Waals surface area contributed by atoms with Crippen molar-refractivity contribution < 1.29 is 4.74 Å². The van der Waals surface area contributed by atoms with Gasteiger partial charge in [-0.05, 0) is 50.3 Å². The van der Waals surface area contributed by atoms with Crippen molar-refractivity contribution in [1.82, 2.24) is 14.9 Å². The maximum Gasteiger partial charge on any atom is 0.137 e. The van der Waals surface area contributed by atoms with Gasteiger partial charge in [-0.2, -0.15) is 0 Å². The molecule has 0 atom stereocenters. The Morgan fingerprint density at radius 1 is 1.07 bits per heavy atom. The molecular weight excluding hydrogens is 362 g/mol. The first-order chi connectivity index (χ1) is 14.3. The fraction of sp³-hybridized carbons (Fsp3) is 0.522. The van der Waals surface area contributed by atoms with Crippen LogP contribution < -0.4 is 5.32 Å². The predicted molar refractivity (Wildman–Crippen MR) is 118 cm³/mol. The molecule has 29 heavy (non-hydrogen) atoms. The lowest BCUT2D eigenvalue weighted by Gasteiger charge is -2.39. The molecule has 1 aliphatic carbocycles. The smallest absolute Gasteiger partial charge is 0.137 e. The highest BCUT2D eigenvalue weighted by molar-refractivity contribution is 6.24. The summed E-state index contributed by atoms with van der Waals surface area (Å²) in [5, 5.41) is 4.83. The Balaban J connectivity index is 1.31. The van der Waals surface area contributed by atoms with Gasteiger partial charge in [0.25, 0.3) is 0 Å². The van der Waals surface area contributed by atoms with Crippen molar-refractivity contribution in [2.24, 2.45) is 4.99 Å². The van der Waals surface area contributed by atoms with Gasteiger partial charge >= 0.3 is 0 Å². The second-order valence-electron chi connectivity index (χ2n) is 8.30. The molecule has 2 aliphatic heterocycles. The van der Waals surface area contributed by atoms with Crippen LogP contribution in [0.1, 0.15) is 38.2 Å². The van der Waals surface area contributed by atoms with Crippen molar-refractivity contribution in [1.29, 1.82) is 0 Å². The van der Waals surface area contributed by atoms with Crippen molar-refractivity contribution in [3.8, 4) is 0 Å². The van der Waals surface area contributed by atoms with E-state index >= 15 is 0 Å². The van der Waals surface area contributed by atoms with Crippen LogP contribution >= 0.6 is 0 Å². The fourth-order valence-corrected chi connectivity index (χ4v) is 4.89. The highest BCUT2D eigenvalue weighted by Gasteiger charge is 2.27. The number of aromatic nitrogens is 2. The number of fused-ring (bicyclic) bond motifs is 1. The summed E-state index contributed by atoms with van der Waals surface area (Å²) in [4.78, 5) is 16.2. The Kier molecular flexibility index (Phi) is 5.29. The van der Waals surface area contributed by atoms with Crippen molar-refractivity contribution in [3.63, 3.8) is 0 Å². The van der Waals surface area contributed by atoms with E-state index in [-0.39, 0.29) is 0 Å². The van der Waals surface area contributed by atoms with Crippen molar-refractivity contribution in [2.75, 3.05) is 38.2 Å². The lowest BCUT2D eigenvalue weighted by Crippen LogP contribution is -2.46. The maximum atomic E-state index is 5.51. The van der Waals surface area contributed by atoms with Gasteiger partial charge in [0.2, 0.25) is 0 Å². The molecule has 1 saturated carbocycles. The summed E-state index contributed by atoms with van der Waals surface area (Å²) >= 11 is 0. The normalized spacial score (nSPS) is 25.7. The van der Waals surface area contributed by atoms with E-state index in [2.05, 4.69) is 56.4 Å². The number of morpholine rings is 1. The van der Waals surface area contributed by atoms with Crippen molar-refractivity contribution >= 4 is 28.0 Å². The number of hydrogen-bond donors (Lipinski definition) is 1. The first-order valence-corrected chi connectivity index (χ1v) is 10.8. The molecule has 1 N–H and O–H groups in total. The molecule has 2 aromatic rings. The van der Waals surface area contributed by atoms with E-state index in [1.54, 1.807) is 6.33 Å². The second-order valence-corrected chi connectivity index (χ2v) is 8.30. The molecule has 0 radical (unpaired) electrons. The van der Waals surface area contributed by atoms with Crippen molar-refractivity contribution in [3.05, 3.63) is 36.2 Å². The maximum absolute atomic E-state index is 5.51.